The first kappa shape index (κ1) is 11.4. The number of hydrogen-bond donors (Lipinski definition) is 1. The van der Waals surface area contributed by atoms with Gasteiger partial charge in [0.05, 0.1) is 6.61 Å². The summed E-state index contributed by atoms with van der Waals surface area (Å²) in [5.41, 5.74) is 0. The zero-order valence-corrected chi connectivity index (χ0v) is 8.22. The smallest absolute Gasteiger partial charge is 0.222 e. The van der Waals surface area contributed by atoms with Crippen molar-refractivity contribution in [1.82, 2.24) is 5.32 Å². The predicted molar refractivity (Wildman–Crippen MR) is 49.0 cm³/mol. The van der Waals surface area contributed by atoms with Crippen molar-refractivity contribution in [1.29, 1.82) is 0 Å². The third-order valence-electron chi connectivity index (χ3n) is 1.59. The lowest BCUT2D eigenvalue weighted by atomic mass is 10.1. The highest BCUT2D eigenvalue weighted by Gasteiger charge is 1.97. The summed E-state index contributed by atoms with van der Waals surface area (Å²) in [5, 5.41) is 2.55. The maximum absolute atomic E-state index is 10.7. The van der Waals surface area contributed by atoms with Crippen molar-refractivity contribution in [2.45, 2.75) is 26.7 Å². The van der Waals surface area contributed by atoms with E-state index < -0.39 is 0 Å². The molecule has 3 nitrogen and oxygen atoms in total. The van der Waals surface area contributed by atoms with Crippen LogP contribution in [0.4, 0.5) is 0 Å². The second-order valence-corrected chi connectivity index (χ2v) is 3.22. The summed E-state index contributed by atoms with van der Waals surface area (Å²) in [5.74, 6) is 0.713. The Kier molecular flexibility index (Phi) is 6.76. The number of hydrogen-bond acceptors (Lipinski definition) is 2. The molecule has 0 saturated heterocycles. The van der Waals surface area contributed by atoms with E-state index in [0.29, 0.717) is 18.9 Å². The van der Waals surface area contributed by atoms with Crippen molar-refractivity contribution >= 4 is 5.91 Å². The van der Waals surface area contributed by atoms with Gasteiger partial charge in [-0.05, 0) is 12.3 Å². The number of rotatable bonds is 6. The fraction of sp³-hybridized carbons (Fsp3) is 0.889. The summed E-state index contributed by atoms with van der Waals surface area (Å²) in [6.07, 6.45) is 1.53. The molecular formula is C9H19NO2. The molecule has 12 heavy (non-hydrogen) atoms. The Morgan fingerprint density at radius 2 is 2.08 bits per heavy atom. The lowest BCUT2D eigenvalue weighted by Crippen LogP contribution is -2.19. The summed E-state index contributed by atoms with van der Waals surface area (Å²) in [6.45, 7) is 5.60. The molecule has 72 valence electrons. The molecule has 0 bridgehead atoms. The Labute approximate surface area is 74.5 Å². The zero-order chi connectivity index (χ0) is 9.40. The minimum Gasteiger partial charge on any atom is -0.381 e. The fourth-order valence-corrected chi connectivity index (χ4v) is 0.711. The van der Waals surface area contributed by atoms with E-state index in [-0.39, 0.29) is 5.91 Å². The number of nitrogens with one attached hydrogen (secondary N) is 1. The van der Waals surface area contributed by atoms with Crippen molar-refractivity contribution in [3.63, 3.8) is 0 Å². The number of carbonyl (C=O) groups excluding carboxylic acids is 1. The minimum absolute atomic E-state index is 0.0412. The van der Waals surface area contributed by atoms with E-state index in [1.807, 2.05) is 0 Å². The average Bonchev–Trinajstić information content (AvgIpc) is 2.03. The van der Waals surface area contributed by atoms with Crippen LogP contribution in [0.2, 0.25) is 0 Å². The van der Waals surface area contributed by atoms with Crippen LogP contribution >= 0.6 is 0 Å². The lowest BCUT2D eigenvalue weighted by Gasteiger charge is -2.05. The molecule has 0 aliphatic rings. The van der Waals surface area contributed by atoms with Crippen LogP contribution in [0.5, 0.6) is 0 Å². The van der Waals surface area contributed by atoms with Crippen molar-refractivity contribution in [3.8, 4) is 0 Å². The largest absolute Gasteiger partial charge is 0.381 e. The molecule has 0 saturated carbocycles. The first-order chi connectivity index (χ1) is 5.66. The van der Waals surface area contributed by atoms with Crippen LogP contribution < -0.4 is 5.32 Å². The summed E-state index contributed by atoms with van der Waals surface area (Å²) < 4.78 is 5.26. The van der Waals surface area contributed by atoms with Crippen LogP contribution in [-0.2, 0) is 9.53 Å². The van der Waals surface area contributed by atoms with Gasteiger partial charge in [-0.3, -0.25) is 4.79 Å². The molecule has 0 rings (SSSR count). The third kappa shape index (κ3) is 7.54. The van der Waals surface area contributed by atoms with Gasteiger partial charge in [0.1, 0.15) is 0 Å². The van der Waals surface area contributed by atoms with Gasteiger partial charge in [-0.1, -0.05) is 13.8 Å². The van der Waals surface area contributed by atoms with Gasteiger partial charge in [0, 0.05) is 20.1 Å². The average molecular weight is 173 g/mol. The first-order valence-electron chi connectivity index (χ1n) is 4.45. The molecule has 0 atom stereocenters. The maximum Gasteiger partial charge on any atom is 0.222 e. The summed E-state index contributed by atoms with van der Waals surface area (Å²) in [7, 11) is 1.64. The van der Waals surface area contributed by atoms with Crippen LogP contribution in [-0.4, -0.2) is 26.2 Å². The van der Waals surface area contributed by atoms with Gasteiger partial charge in [0.15, 0.2) is 0 Å². The quantitative estimate of drug-likeness (QED) is 0.613. The van der Waals surface area contributed by atoms with Gasteiger partial charge in [-0.25, -0.2) is 0 Å². The predicted octanol–water partition coefficient (Wildman–Crippen LogP) is 1.19. The molecule has 0 aliphatic heterocycles. The molecule has 0 unspecified atom stereocenters. The highest BCUT2D eigenvalue weighted by molar-refractivity contribution is 5.75. The molecule has 0 heterocycles. The Morgan fingerprint density at radius 3 is 2.58 bits per heavy atom. The number of carbonyl (C=O) groups is 1. The third-order valence-corrected chi connectivity index (χ3v) is 1.59. The minimum atomic E-state index is 0.0412. The van der Waals surface area contributed by atoms with Gasteiger partial charge >= 0.3 is 0 Å². The molecule has 0 radical (unpaired) electrons. The fourth-order valence-electron chi connectivity index (χ4n) is 0.711. The zero-order valence-electron chi connectivity index (χ0n) is 8.22. The Bertz CT molecular complexity index is 124. The molecule has 0 fully saturated rings. The second kappa shape index (κ2) is 7.10. The monoisotopic (exact) mass is 173 g/mol. The second-order valence-electron chi connectivity index (χ2n) is 3.22. The van der Waals surface area contributed by atoms with E-state index in [1.54, 1.807) is 7.05 Å². The van der Waals surface area contributed by atoms with Crippen LogP contribution in [0.15, 0.2) is 0 Å². The Hall–Kier alpha value is -0.570. The topological polar surface area (TPSA) is 38.3 Å². The summed E-state index contributed by atoms with van der Waals surface area (Å²) in [6, 6.07) is 0. The molecule has 0 aliphatic carbocycles. The molecule has 1 N–H and O–H groups in total. The summed E-state index contributed by atoms with van der Waals surface area (Å²) in [4.78, 5) is 10.7. The van der Waals surface area contributed by atoms with Crippen LogP contribution in [0.1, 0.15) is 26.7 Å². The molecule has 0 aromatic rings. The highest BCUT2D eigenvalue weighted by Crippen LogP contribution is 1.98. The van der Waals surface area contributed by atoms with Crippen molar-refractivity contribution < 1.29 is 9.53 Å². The molecule has 1 amide bonds. The molecule has 3 heteroatoms. The number of amides is 1. The van der Waals surface area contributed by atoms with Crippen LogP contribution in [0, 0.1) is 5.92 Å². The van der Waals surface area contributed by atoms with Gasteiger partial charge in [-0.2, -0.15) is 0 Å². The van der Waals surface area contributed by atoms with E-state index in [1.165, 1.54) is 0 Å². The van der Waals surface area contributed by atoms with Crippen molar-refractivity contribution in [2.24, 2.45) is 5.92 Å². The highest BCUT2D eigenvalue weighted by atomic mass is 16.5. The van der Waals surface area contributed by atoms with Gasteiger partial charge < -0.3 is 10.1 Å². The molecule has 0 aromatic heterocycles. The van der Waals surface area contributed by atoms with Crippen molar-refractivity contribution in [2.75, 3.05) is 20.3 Å². The normalized spacial score (nSPS) is 10.3. The first-order valence-corrected chi connectivity index (χ1v) is 4.45. The lowest BCUT2D eigenvalue weighted by molar-refractivity contribution is -0.121. The van der Waals surface area contributed by atoms with E-state index in [9.17, 15) is 4.79 Å². The summed E-state index contributed by atoms with van der Waals surface area (Å²) >= 11 is 0. The maximum atomic E-state index is 10.7. The standard InChI is InChI=1S/C9H19NO2/c1-8(2)4-6-12-7-5-9(11)10-3/h8H,4-7H2,1-3H3,(H,10,11). The van der Waals surface area contributed by atoms with Crippen LogP contribution in [0.3, 0.4) is 0 Å². The molecular weight excluding hydrogens is 154 g/mol. The Balaban J connectivity index is 3.05. The van der Waals surface area contributed by atoms with Gasteiger partial charge in [0.25, 0.3) is 0 Å². The van der Waals surface area contributed by atoms with E-state index in [2.05, 4.69) is 19.2 Å². The SMILES string of the molecule is CNC(=O)CCOCCC(C)C. The van der Waals surface area contributed by atoms with E-state index in [4.69, 9.17) is 4.74 Å². The van der Waals surface area contributed by atoms with Crippen molar-refractivity contribution in [3.05, 3.63) is 0 Å². The molecule has 0 aromatic carbocycles. The molecule has 0 spiro atoms. The number of ether oxygens (including phenoxy) is 1. The van der Waals surface area contributed by atoms with Gasteiger partial charge in [0.2, 0.25) is 5.91 Å². The van der Waals surface area contributed by atoms with Crippen LogP contribution in [0.25, 0.3) is 0 Å². The van der Waals surface area contributed by atoms with E-state index in [0.717, 1.165) is 13.0 Å². The Morgan fingerprint density at radius 1 is 1.42 bits per heavy atom. The van der Waals surface area contributed by atoms with E-state index >= 15 is 0 Å². The van der Waals surface area contributed by atoms with Gasteiger partial charge in [-0.15, -0.1) is 0 Å².